The first kappa shape index (κ1) is 17.2. The minimum absolute atomic E-state index is 0.166. The fourth-order valence-corrected chi connectivity index (χ4v) is 0.761. The SMILES string of the molecule is CC(C)C(=O)CC(=O)O.CCC(=O)C(C)C. The van der Waals surface area contributed by atoms with Crippen LogP contribution in [-0.4, -0.2) is 22.6 Å². The molecule has 0 spiro atoms. The van der Waals surface area contributed by atoms with E-state index in [9.17, 15) is 14.4 Å². The summed E-state index contributed by atoms with van der Waals surface area (Å²) in [6, 6.07) is 0. The van der Waals surface area contributed by atoms with Gasteiger partial charge in [0.15, 0.2) is 0 Å². The summed E-state index contributed by atoms with van der Waals surface area (Å²) in [6.07, 6.45) is 0.329. The summed E-state index contributed by atoms with van der Waals surface area (Å²) < 4.78 is 0. The Labute approximate surface area is 97.0 Å². The Morgan fingerprint density at radius 3 is 1.38 bits per heavy atom. The van der Waals surface area contributed by atoms with E-state index < -0.39 is 5.97 Å². The van der Waals surface area contributed by atoms with Crippen LogP contribution >= 0.6 is 0 Å². The van der Waals surface area contributed by atoms with Gasteiger partial charge in [0.2, 0.25) is 0 Å². The van der Waals surface area contributed by atoms with Crippen LogP contribution < -0.4 is 0 Å². The molecule has 0 fully saturated rings. The molecule has 4 nitrogen and oxygen atoms in total. The molecule has 0 aromatic carbocycles. The van der Waals surface area contributed by atoms with Crippen LogP contribution in [0.5, 0.6) is 0 Å². The Bertz CT molecular complexity index is 241. The molecular weight excluding hydrogens is 208 g/mol. The summed E-state index contributed by atoms with van der Waals surface area (Å²) in [6.45, 7) is 9.11. The molecule has 0 rings (SSSR count). The molecule has 0 aliphatic rings. The van der Waals surface area contributed by atoms with Crippen molar-refractivity contribution in [2.45, 2.75) is 47.5 Å². The van der Waals surface area contributed by atoms with Crippen molar-refractivity contribution in [2.75, 3.05) is 0 Å². The first-order chi connectivity index (χ1) is 7.22. The highest BCUT2D eigenvalue weighted by Gasteiger charge is 2.10. The third-order valence-corrected chi connectivity index (χ3v) is 1.96. The number of hydrogen-bond donors (Lipinski definition) is 1. The molecule has 16 heavy (non-hydrogen) atoms. The predicted molar refractivity (Wildman–Crippen MR) is 62.2 cm³/mol. The van der Waals surface area contributed by atoms with Crippen molar-refractivity contribution in [3.05, 3.63) is 0 Å². The van der Waals surface area contributed by atoms with Gasteiger partial charge in [-0.2, -0.15) is 0 Å². The van der Waals surface area contributed by atoms with E-state index in [1.54, 1.807) is 13.8 Å². The lowest BCUT2D eigenvalue weighted by Crippen LogP contribution is -2.12. The van der Waals surface area contributed by atoms with Crippen molar-refractivity contribution >= 4 is 17.5 Å². The fraction of sp³-hybridized carbons (Fsp3) is 0.750. The lowest BCUT2D eigenvalue weighted by Gasteiger charge is -1.97. The van der Waals surface area contributed by atoms with Gasteiger partial charge in [-0.25, -0.2) is 0 Å². The molecule has 4 heteroatoms. The van der Waals surface area contributed by atoms with Crippen LogP contribution in [0.2, 0.25) is 0 Å². The molecule has 0 atom stereocenters. The van der Waals surface area contributed by atoms with Crippen molar-refractivity contribution in [2.24, 2.45) is 11.8 Å². The molecule has 0 radical (unpaired) electrons. The highest BCUT2D eigenvalue weighted by molar-refractivity contribution is 5.95. The molecule has 0 saturated heterocycles. The highest BCUT2D eigenvalue weighted by atomic mass is 16.4. The van der Waals surface area contributed by atoms with E-state index in [4.69, 9.17) is 5.11 Å². The number of carboxylic acids is 1. The lowest BCUT2D eigenvalue weighted by atomic mass is 10.1. The number of Topliss-reactive ketones (excluding diaryl/α,β-unsaturated/α-hetero) is 2. The highest BCUT2D eigenvalue weighted by Crippen LogP contribution is 1.97. The molecule has 0 bridgehead atoms. The molecule has 0 saturated carbocycles. The van der Waals surface area contributed by atoms with E-state index in [0.717, 1.165) is 0 Å². The van der Waals surface area contributed by atoms with Crippen LogP contribution in [0.1, 0.15) is 47.5 Å². The van der Waals surface area contributed by atoms with Gasteiger partial charge in [0.05, 0.1) is 0 Å². The smallest absolute Gasteiger partial charge is 0.310 e. The average Bonchev–Trinajstić information content (AvgIpc) is 2.16. The van der Waals surface area contributed by atoms with Gasteiger partial charge < -0.3 is 5.11 Å². The Morgan fingerprint density at radius 1 is 0.938 bits per heavy atom. The fourth-order valence-electron chi connectivity index (χ4n) is 0.761. The van der Waals surface area contributed by atoms with Crippen molar-refractivity contribution in [3.8, 4) is 0 Å². The molecule has 94 valence electrons. The maximum atomic E-state index is 10.6. The molecule has 0 aliphatic carbocycles. The van der Waals surface area contributed by atoms with Gasteiger partial charge in [-0.3, -0.25) is 14.4 Å². The van der Waals surface area contributed by atoms with Crippen LogP contribution in [0, 0.1) is 11.8 Å². The number of hydrogen-bond acceptors (Lipinski definition) is 3. The summed E-state index contributed by atoms with van der Waals surface area (Å²) in [4.78, 5) is 31.0. The zero-order chi connectivity index (χ0) is 13.3. The number of ketones is 2. The van der Waals surface area contributed by atoms with Gasteiger partial charge in [0.25, 0.3) is 0 Å². The van der Waals surface area contributed by atoms with Gasteiger partial charge in [0.1, 0.15) is 18.0 Å². The standard InChI is InChI=1S/C6H10O3.C6H12O/c1-4(2)5(7)3-6(8)9;1-4-6(7)5(2)3/h4H,3H2,1-2H3,(H,8,9);5H,4H2,1-3H3. The second-order valence-corrected chi connectivity index (χ2v) is 4.17. The van der Waals surface area contributed by atoms with Gasteiger partial charge in [-0.15, -0.1) is 0 Å². The molecule has 0 aliphatic heterocycles. The van der Waals surface area contributed by atoms with E-state index in [1.807, 2.05) is 20.8 Å². The predicted octanol–water partition coefficient (Wildman–Crippen LogP) is 2.31. The molecule has 0 amide bonds. The third-order valence-electron chi connectivity index (χ3n) is 1.96. The number of carbonyl (C=O) groups is 3. The maximum Gasteiger partial charge on any atom is 0.310 e. The molecule has 0 unspecified atom stereocenters. The molecule has 0 aromatic heterocycles. The minimum Gasteiger partial charge on any atom is -0.481 e. The first-order valence-corrected chi connectivity index (χ1v) is 5.49. The number of carbonyl (C=O) groups excluding carboxylic acids is 2. The zero-order valence-corrected chi connectivity index (χ0v) is 10.7. The Morgan fingerprint density at radius 2 is 1.31 bits per heavy atom. The summed E-state index contributed by atoms with van der Waals surface area (Å²) in [5.41, 5.74) is 0. The Hall–Kier alpha value is -1.19. The first-order valence-electron chi connectivity index (χ1n) is 5.49. The zero-order valence-electron chi connectivity index (χ0n) is 10.7. The van der Waals surface area contributed by atoms with Crippen molar-refractivity contribution < 1.29 is 19.5 Å². The van der Waals surface area contributed by atoms with E-state index in [2.05, 4.69) is 0 Å². The molecule has 0 aromatic rings. The van der Waals surface area contributed by atoms with E-state index >= 15 is 0 Å². The van der Waals surface area contributed by atoms with E-state index in [-0.39, 0.29) is 24.0 Å². The molecular formula is C12H22O4. The molecule has 0 heterocycles. The van der Waals surface area contributed by atoms with Crippen LogP contribution in [0.25, 0.3) is 0 Å². The van der Waals surface area contributed by atoms with E-state index in [1.165, 1.54) is 0 Å². The number of carboxylic acid groups (broad SMARTS) is 1. The largest absolute Gasteiger partial charge is 0.481 e. The average molecular weight is 230 g/mol. The summed E-state index contributed by atoms with van der Waals surface area (Å²) in [5.74, 6) is -0.859. The Kier molecular flexibility index (Phi) is 9.75. The van der Waals surface area contributed by atoms with Gasteiger partial charge in [-0.1, -0.05) is 34.6 Å². The summed E-state index contributed by atoms with van der Waals surface area (Å²) in [5, 5.41) is 8.11. The molecule has 1 N–H and O–H groups in total. The van der Waals surface area contributed by atoms with Gasteiger partial charge in [-0.05, 0) is 0 Å². The second-order valence-electron chi connectivity index (χ2n) is 4.17. The normalized spacial score (nSPS) is 9.69. The summed E-state index contributed by atoms with van der Waals surface area (Å²) >= 11 is 0. The quantitative estimate of drug-likeness (QED) is 0.736. The van der Waals surface area contributed by atoms with Crippen LogP contribution in [0.4, 0.5) is 0 Å². The van der Waals surface area contributed by atoms with Crippen molar-refractivity contribution in [1.82, 2.24) is 0 Å². The van der Waals surface area contributed by atoms with E-state index in [0.29, 0.717) is 12.2 Å². The Balaban J connectivity index is 0. The number of rotatable bonds is 5. The number of aliphatic carboxylic acids is 1. The lowest BCUT2D eigenvalue weighted by molar-refractivity contribution is -0.141. The van der Waals surface area contributed by atoms with Crippen LogP contribution in [0.15, 0.2) is 0 Å². The third kappa shape index (κ3) is 10.9. The van der Waals surface area contributed by atoms with Crippen LogP contribution in [-0.2, 0) is 14.4 Å². The van der Waals surface area contributed by atoms with Crippen LogP contribution in [0.3, 0.4) is 0 Å². The maximum absolute atomic E-state index is 10.6. The van der Waals surface area contributed by atoms with Gasteiger partial charge in [0, 0.05) is 18.3 Å². The summed E-state index contributed by atoms with van der Waals surface area (Å²) in [7, 11) is 0. The minimum atomic E-state index is -1.05. The second kappa shape index (κ2) is 9.07. The topological polar surface area (TPSA) is 71.4 Å². The van der Waals surface area contributed by atoms with Crippen molar-refractivity contribution in [3.63, 3.8) is 0 Å². The van der Waals surface area contributed by atoms with Gasteiger partial charge >= 0.3 is 5.97 Å². The van der Waals surface area contributed by atoms with Crippen molar-refractivity contribution in [1.29, 1.82) is 0 Å². The monoisotopic (exact) mass is 230 g/mol.